The molecule has 0 unspecified atom stereocenters. The second kappa shape index (κ2) is 5.47. The lowest BCUT2D eigenvalue weighted by Crippen LogP contribution is -2.31. The van der Waals surface area contributed by atoms with Crippen molar-refractivity contribution in [1.29, 1.82) is 0 Å². The predicted octanol–water partition coefficient (Wildman–Crippen LogP) is 1.83. The lowest BCUT2D eigenvalue weighted by Gasteiger charge is -2.08. The second-order valence-corrected chi connectivity index (χ2v) is 4.53. The van der Waals surface area contributed by atoms with Crippen molar-refractivity contribution in [2.45, 2.75) is 13.8 Å². The van der Waals surface area contributed by atoms with Crippen LogP contribution in [0.2, 0.25) is 0 Å². The van der Waals surface area contributed by atoms with E-state index in [4.69, 9.17) is 0 Å². The highest BCUT2D eigenvalue weighted by atomic mass is 28.2. The molecule has 0 spiro atoms. The Morgan fingerprint density at radius 3 is 1.72 bits per heavy atom. The van der Waals surface area contributed by atoms with E-state index < -0.39 is 55.9 Å². The van der Waals surface area contributed by atoms with Gasteiger partial charge in [0.05, 0.1) is 5.19 Å². The van der Waals surface area contributed by atoms with Crippen molar-refractivity contribution in [2.75, 3.05) is 0 Å². The van der Waals surface area contributed by atoms with E-state index in [9.17, 15) is 26.7 Å². The van der Waals surface area contributed by atoms with Crippen LogP contribution in [0.25, 0.3) is 0 Å². The molecule has 2 nitrogen and oxygen atoms in total. The topological polar surface area (TPSA) is 26.3 Å². The first kappa shape index (κ1) is 14.6. The Balaban J connectivity index is 3.07. The molecule has 0 N–H and O–H groups in total. The molecule has 98 valence electrons. The molecule has 0 aliphatic carbocycles. The highest BCUT2D eigenvalue weighted by molar-refractivity contribution is 6.49. The minimum Gasteiger partial charge on any atom is -0.511 e. The van der Waals surface area contributed by atoms with Gasteiger partial charge in [0.2, 0.25) is 5.82 Å². The minimum absolute atomic E-state index is 0.571. The van der Waals surface area contributed by atoms with Gasteiger partial charge in [0.25, 0.3) is 5.97 Å². The first-order chi connectivity index (χ1) is 8.27. The molecule has 0 saturated heterocycles. The van der Waals surface area contributed by atoms with E-state index in [1.54, 1.807) is 0 Å². The summed E-state index contributed by atoms with van der Waals surface area (Å²) < 4.78 is 69.0. The van der Waals surface area contributed by atoms with Crippen molar-refractivity contribution in [3.63, 3.8) is 0 Å². The molecule has 0 saturated carbocycles. The molecule has 0 aliphatic heterocycles. The number of hydrogen-bond acceptors (Lipinski definition) is 2. The maximum absolute atomic E-state index is 13.1. The van der Waals surface area contributed by atoms with Gasteiger partial charge < -0.3 is 4.43 Å². The summed E-state index contributed by atoms with van der Waals surface area (Å²) in [5.74, 6) is -11.7. The molecule has 1 aromatic rings. The molecule has 0 aliphatic rings. The van der Waals surface area contributed by atoms with Crippen LogP contribution in [0.4, 0.5) is 22.0 Å². The number of halogens is 5. The molecule has 0 aromatic heterocycles. The minimum atomic E-state index is -2.24. The van der Waals surface area contributed by atoms with Crippen LogP contribution >= 0.6 is 0 Å². The van der Waals surface area contributed by atoms with Crippen LogP contribution in [0, 0.1) is 35.0 Å². The monoisotopic (exact) mass is 282 g/mol. The Morgan fingerprint density at radius 1 is 0.944 bits per heavy atom. The van der Waals surface area contributed by atoms with Gasteiger partial charge in [-0.25, -0.2) is 22.0 Å². The molecule has 2 radical (unpaired) electrons. The summed E-state index contributed by atoms with van der Waals surface area (Å²) in [7, 11) is -1.28. The third-order valence-corrected chi connectivity index (χ3v) is 2.88. The predicted molar refractivity (Wildman–Crippen MR) is 52.5 cm³/mol. The van der Waals surface area contributed by atoms with Crippen molar-refractivity contribution in [3.05, 3.63) is 29.1 Å². The molecule has 0 atom stereocenters. The maximum atomic E-state index is 13.1. The van der Waals surface area contributed by atoms with Gasteiger partial charge in [-0.05, 0) is 0 Å². The number of benzene rings is 1. The average molecular weight is 282 g/mol. The number of rotatable bonds is 3. The second-order valence-electron chi connectivity index (χ2n) is 3.62. The smallest absolute Gasteiger partial charge is 0.361 e. The van der Waals surface area contributed by atoms with Gasteiger partial charge in [0.15, 0.2) is 23.3 Å². The number of hydrogen-bond donors (Lipinski definition) is 0. The molecular formula is C10H7F5O2Si. The zero-order valence-electron chi connectivity index (χ0n) is 9.28. The Bertz CT molecular complexity index is 461. The molecule has 0 heterocycles. The molecular weight excluding hydrogens is 275 g/mol. The fourth-order valence-corrected chi connectivity index (χ4v) is 1.75. The molecule has 1 aromatic carbocycles. The standard InChI is InChI=1S/C10H7F5O2Si/c1-3(2)10(16)17-18-9-7(14)5(12)4(11)6(13)8(9)15/h3H,1-2H3. The third-order valence-electron chi connectivity index (χ3n) is 1.93. The first-order valence-corrected chi connectivity index (χ1v) is 5.66. The van der Waals surface area contributed by atoms with Crippen LogP contribution in [0.1, 0.15) is 13.8 Å². The first-order valence-electron chi connectivity index (χ1n) is 4.75. The summed E-state index contributed by atoms with van der Waals surface area (Å²) in [5.41, 5.74) is 0. The van der Waals surface area contributed by atoms with Crippen LogP contribution in [-0.2, 0) is 9.22 Å². The number of carbonyl (C=O) groups is 1. The average Bonchev–Trinajstić information content (AvgIpc) is 2.33. The summed E-state index contributed by atoms with van der Waals surface area (Å²) in [6.45, 7) is 2.93. The van der Waals surface area contributed by atoms with Crippen LogP contribution in [0.15, 0.2) is 0 Å². The van der Waals surface area contributed by atoms with Gasteiger partial charge in [0, 0.05) is 5.92 Å². The zero-order valence-corrected chi connectivity index (χ0v) is 10.3. The Morgan fingerprint density at radius 2 is 1.33 bits per heavy atom. The highest BCUT2D eigenvalue weighted by Gasteiger charge is 2.27. The SMILES string of the molecule is CC(C)C(=O)O[Si]c1c(F)c(F)c(F)c(F)c1F. The van der Waals surface area contributed by atoms with Crippen molar-refractivity contribution >= 4 is 20.9 Å². The normalized spacial score (nSPS) is 10.9. The summed E-state index contributed by atoms with van der Waals surface area (Å²) >= 11 is 0. The molecule has 1 rings (SSSR count). The summed E-state index contributed by atoms with van der Waals surface area (Å²) in [6, 6.07) is 0. The summed E-state index contributed by atoms with van der Waals surface area (Å²) in [6.07, 6.45) is 0. The van der Waals surface area contributed by atoms with E-state index in [0.717, 1.165) is 0 Å². The number of carbonyl (C=O) groups excluding carboxylic acids is 1. The molecule has 0 fully saturated rings. The molecule has 0 bridgehead atoms. The van der Waals surface area contributed by atoms with Crippen molar-refractivity contribution in [1.82, 2.24) is 0 Å². The zero-order chi connectivity index (χ0) is 14.0. The van der Waals surface area contributed by atoms with Gasteiger partial charge in [-0.1, -0.05) is 13.8 Å². The van der Waals surface area contributed by atoms with E-state index in [1.165, 1.54) is 13.8 Å². The van der Waals surface area contributed by atoms with E-state index >= 15 is 0 Å². The van der Waals surface area contributed by atoms with E-state index in [-0.39, 0.29) is 0 Å². The van der Waals surface area contributed by atoms with Gasteiger partial charge in [-0.15, -0.1) is 0 Å². The molecule has 0 amide bonds. The van der Waals surface area contributed by atoms with Gasteiger partial charge in [-0.3, -0.25) is 4.79 Å². The fraction of sp³-hybridized carbons (Fsp3) is 0.300. The quantitative estimate of drug-likeness (QED) is 0.366. The maximum Gasteiger partial charge on any atom is 0.361 e. The van der Waals surface area contributed by atoms with Crippen molar-refractivity contribution in [3.8, 4) is 0 Å². The van der Waals surface area contributed by atoms with Crippen LogP contribution in [-0.4, -0.2) is 15.7 Å². The Labute approximate surface area is 102 Å². The summed E-state index contributed by atoms with van der Waals surface area (Å²) in [5, 5.41) is -1.14. The van der Waals surface area contributed by atoms with E-state index in [0.29, 0.717) is 0 Å². The van der Waals surface area contributed by atoms with E-state index in [2.05, 4.69) is 4.43 Å². The molecule has 8 heteroatoms. The van der Waals surface area contributed by atoms with Crippen LogP contribution < -0.4 is 5.19 Å². The van der Waals surface area contributed by atoms with Crippen molar-refractivity contribution < 1.29 is 31.2 Å². The van der Waals surface area contributed by atoms with Crippen LogP contribution in [0.5, 0.6) is 0 Å². The van der Waals surface area contributed by atoms with Crippen LogP contribution in [0.3, 0.4) is 0 Å². The van der Waals surface area contributed by atoms with Gasteiger partial charge in [-0.2, -0.15) is 0 Å². The Kier molecular flexibility index (Phi) is 4.44. The Hall–Kier alpha value is -1.44. The van der Waals surface area contributed by atoms with Gasteiger partial charge >= 0.3 is 9.76 Å². The van der Waals surface area contributed by atoms with E-state index in [1.807, 2.05) is 0 Å². The fourth-order valence-electron chi connectivity index (χ4n) is 0.914. The highest BCUT2D eigenvalue weighted by Crippen LogP contribution is 2.15. The largest absolute Gasteiger partial charge is 0.511 e. The van der Waals surface area contributed by atoms with Gasteiger partial charge in [0.1, 0.15) is 0 Å². The van der Waals surface area contributed by atoms with Crippen molar-refractivity contribution in [2.24, 2.45) is 5.92 Å². The molecule has 18 heavy (non-hydrogen) atoms. The third kappa shape index (κ3) is 2.69. The summed E-state index contributed by atoms with van der Waals surface area (Å²) in [4.78, 5) is 11.1. The lowest BCUT2D eigenvalue weighted by atomic mass is 10.2. The lowest BCUT2D eigenvalue weighted by molar-refractivity contribution is -0.137.